The molecule has 0 fully saturated rings. The van der Waals surface area contributed by atoms with Crippen molar-refractivity contribution in [1.29, 1.82) is 0 Å². The normalized spacial score (nSPS) is 12.2. The Balaban J connectivity index is 2.43. The number of para-hydroxylation sites is 2. The molecule has 0 aromatic heterocycles. The highest BCUT2D eigenvalue weighted by Gasteiger charge is 2.14. The minimum atomic E-state index is -0.395. The van der Waals surface area contributed by atoms with E-state index in [1.807, 2.05) is 31.2 Å². The van der Waals surface area contributed by atoms with Crippen LogP contribution in [0.4, 0.5) is 4.39 Å². The van der Waals surface area contributed by atoms with E-state index in [0.29, 0.717) is 11.3 Å². The molecule has 0 bridgehead atoms. The van der Waals surface area contributed by atoms with E-state index in [0.717, 1.165) is 5.56 Å². The second kappa shape index (κ2) is 5.19. The Bertz CT molecular complexity index is 552. The Labute approximate surface area is 106 Å². The lowest BCUT2D eigenvalue weighted by Crippen LogP contribution is -2.07. The summed E-state index contributed by atoms with van der Waals surface area (Å²) < 4.78 is 19.5. The zero-order valence-corrected chi connectivity index (χ0v) is 10.5. The SMILES string of the molecule is Cc1ccccc1Oc1c(F)cccc1[C@H](C)N. The third kappa shape index (κ3) is 2.51. The maximum absolute atomic E-state index is 13.8. The summed E-state index contributed by atoms with van der Waals surface area (Å²) in [6.07, 6.45) is 0. The Kier molecular flexibility index (Phi) is 3.63. The molecule has 0 unspecified atom stereocenters. The van der Waals surface area contributed by atoms with Crippen LogP contribution in [0.15, 0.2) is 42.5 Å². The first kappa shape index (κ1) is 12.6. The molecule has 18 heavy (non-hydrogen) atoms. The first-order valence-corrected chi connectivity index (χ1v) is 5.87. The molecule has 0 aliphatic rings. The van der Waals surface area contributed by atoms with E-state index in [-0.39, 0.29) is 11.8 Å². The van der Waals surface area contributed by atoms with Crippen LogP contribution in [0.1, 0.15) is 24.1 Å². The van der Waals surface area contributed by atoms with Crippen molar-refractivity contribution in [2.75, 3.05) is 0 Å². The summed E-state index contributed by atoms with van der Waals surface area (Å²) >= 11 is 0. The van der Waals surface area contributed by atoms with Crippen molar-refractivity contribution in [3.63, 3.8) is 0 Å². The third-order valence-electron chi connectivity index (χ3n) is 2.79. The number of nitrogens with two attached hydrogens (primary N) is 1. The van der Waals surface area contributed by atoms with Crippen molar-refractivity contribution in [2.45, 2.75) is 19.9 Å². The molecule has 0 aliphatic carbocycles. The largest absolute Gasteiger partial charge is 0.454 e. The van der Waals surface area contributed by atoms with E-state index in [4.69, 9.17) is 10.5 Å². The molecule has 2 N–H and O–H groups in total. The standard InChI is InChI=1S/C15H16FNO/c1-10-6-3-4-9-14(10)18-15-12(11(2)17)7-5-8-13(15)16/h3-9,11H,17H2,1-2H3/t11-/m0/s1. The van der Waals surface area contributed by atoms with Crippen LogP contribution in [0, 0.1) is 12.7 Å². The average molecular weight is 245 g/mol. The predicted octanol–water partition coefficient (Wildman–Crippen LogP) is 3.95. The molecule has 2 rings (SSSR count). The molecule has 0 aliphatic heterocycles. The van der Waals surface area contributed by atoms with Gasteiger partial charge in [0.2, 0.25) is 0 Å². The summed E-state index contributed by atoms with van der Waals surface area (Å²) in [5, 5.41) is 0. The van der Waals surface area contributed by atoms with Gasteiger partial charge in [-0.25, -0.2) is 4.39 Å². The quantitative estimate of drug-likeness (QED) is 0.888. The monoisotopic (exact) mass is 245 g/mol. The molecule has 2 nitrogen and oxygen atoms in total. The highest BCUT2D eigenvalue weighted by molar-refractivity contribution is 5.42. The summed E-state index contributed by atoms with van der Waals surface area (Å²) in [6, 6.07) is 12.0. The fourth-order valence-electron chi connectivity index (χ4n) is 1.77. The van der Waals surface area contributed by atoms with Crippen molar-refractivity contribution in [3.05, 3.63) is 59.4 Å². The molecule has 2 aromatic carbocycles. The van der Waals surface area contributed by atoms with Gasteiger partial charge in [-0.2, -0.15) is 0 Å². The molecule has 0 spiro atoms. The summed E-state index contributed by atoms with van der Waals surface area (Å²) in [5.41, 5.74) is 7.45. The van der Waals surface area contributed by atoms with E-state index < -0.39 is 5.82 Å². The molecule has 0 amide bonds. The molecule has 0 radical (unpaired) electrons. The fourth-order valence-corrected chi connectivity index (χ4v) is 1.77. The Morgan fingerprint density at radius 3 is 2.50 bits per heavy atom. The molecular formula is C15H16FNO. The second-order valence-corrected chi connectivity index (χ2v) is 4.31. The average Bonchev–Trinajstić information content (AvgIpc) is 2.34. The van der Waals surface area contributed by atoms with Crippen molar-refractivity contribution < 1.29 is 9.13 Å². The number of rotatable bonds is 3. The van der Waals surface area contributed by atoms with Crippen molar-refractivity contribution >= 4 is 0 Å². The zero-order valence-electron chi connectivity index (χ0n) is 10.5. The van der Waals surface area contributed by atoms with Crippen molar-refractivity contribution in [1.82, 2.24) is 0 Å². The maximum atomic E-state index is 13.8. The second-order valence-electron chi connectivity index (χ2n) is 4.31. The first-order valence-electron chi connectivity index (χ1n) is 5.87. The summed E-state index contributed by atoms with van der Waals surface area (Å²) in [5.74, 6) is 0.458. The van der Waals surface area contributed by atoms with Gasteiger partial charge >= 0.3 is 0 Å². The molecule has 94 valence electrons. The fraction of sp³-hybridized carbons (Fsp3) is 0.200. The molecule has 0 saturated carbocycles. The number of ether oxygens (including phenoxy) is 1. The van der Waals surface area contributed by atoms with E-state index in [2.05, 4.69) is 0 Å². The number of halogens is 1. The topological polar surface area (TPSA) is 35.2 Å². The van der Waals surface area contributed by atoms with Gasteiger partial charge < -0.3 is 10.5 Å². The predicted molar refractivity (Wildman–Crippen MR) is 70.3 cm³/mol. The van der Waals surface area contributed by atoms with Gasteiger partial charge in [-0.15, -0.1) is 0 Å². The van der Waals surface area contributed by atoms with Crippen LogP contribution in [0.25, 0.3) is 0 Å². The van der Waals surface area contributed by atoms with Gasteiger partial charge in [0.15, 0.2) is 11.6 Å². The van der Waals surface area contributed by atoms with Gasteiger partial charge in [-0.3, -0.25) is 0 Å². The highest BCUT2D eigenvalue weighted by atomic mass is 19.1. The van der Waals surface area contributed by atoms with Gasteiger partial charge in [0, 0.05) is 11.6 Å². The molecule has 0 heterocycles. The number of hydrogen-bond acceptors (Lipinski definition) is 2. The van der Waals surface area contributed by atoms with Crippen LogP contribution in [0.5, 0.6) is 11.5 Å². The lowest BCUT2D eigenvalue weighted by atomic mass is 10.1. The van der Waals surface area contributed by atoms with Gasteiger partial charge in [0.25, 0.3) is 0 Å². The van der Waals surface area contributed by atoms with Gasteiger partial charge in [0.05, 0.1) is 0 Å². The lowest BCUT2D eigenvalue weighted by Gasteiger charge is -2.15. The van der Waals surface area contributed by atoms with Crippen LogP contribution in [0.2, 0.25) is 0 Å². The molecule has 3 heteroatoms. The van der Waals surface area contributed by atoms with E-state index in [1.54, 1.807) is 19.1 Å². The Morgan fingerprint density at radius 2 is 1.83 bits per heavy atom. The molecular weight excluding hydrogens is 229 g/mol. The lowest BCUT2D eigenvalue weighted by molar-refractivity contribution is 0.430. The Hall–Kier alpha value is -1.87. The minimum Gasteiger partial charge on any atom is -0.454 e. The van der Waals surface area contributed by atoms with Crippen LogP contribution < -0.4 is 10.5 Å². The summed E-state index contributed by atoms with van der Waals surface area (Å²) in [6.45, 7) is 3.72. The number of hydrogen-bond donors (Lipinski definition) is 1. The third-order valence-corrected chi connectivity index (χ3v) is 2.79. The number of benzene rings is 2. The Morgan fingerprint density at radius 1 is 1.11 bits per heavy atom. The van der Waals surface area contributed by atoms with Crippen LogP contribution in [-0.2, 0) is 0 Å². The highest BCUT2D eigenvalue weighted by Crippen LogP contribution is 2.32. The van der Waals surface area contributed by atoms with Crippen LogP contribution >= 0.6 is 0 Å². The van der Waals surface area contributed by atoms with Gasteiger partial charge in [-0.05, 0) is 31.5 Å². The van der Waals surface area contributed by atoms with Gasteiger partial charge in [-0.1, -0.05) is 30.3 Å². The van der Waals surface area contributed by atoms with Crippen molar-refractivity contribution in [2.24, 2.45) is 5.73 Å². The van der Waals surface area contributed by atoms with Crippen molar-refractivity contribution in [3.8, 4) is 11.5 Å². The molecule has 0 saturated heterocycles. The van der Waals surface area contributed by atoms with E-state index in [1.165, 1.54) is 6.07 Å². The van der Waals surface area contributed by atoms with E-state index in [9.17, 15) is 4.39 Å². The smallest absolute Gasteiger partial charge is 0.167 e. The number of aryl methyl sites for hydroxylation is 1. The van der Waals surface area contributed by atoms with Crippen LogP contribution in [0.3, 0.4) is 0 Å². The molecule has 2 aromatic rings. The van der Waals surface area contributed by atoms with Crippen LogP contribution in [-0.4, -0.2) is 0 Å². The summed E-state index contributed by atoms with van der Waals surface area (Å²) in [4.78, 5) is 0. The van der Waals surface area contributed by atoms with Gasteiger partial charge in [0.1, 0.15) is 5.75 Å². The minimum absolute atomic E-state index is 0.210. The first-order chi connectivity index (χ1) is 8.59. The molecule has 1 atom stereocenters. The maximum Gasteiger partial charge on any atom is 0.167 e. The zero-order chi connectivity index (χ0) is 13.1. The summed E-state index contributed by atoms with van der Waals surface area (Å²) in [7, 11) is 0. The van der Waals surface area contributed by atoms with E-state index >= 15 is 0 Å².